The average Bonchev–Trinajstić information content (AvgIpc) is 3.12. The molecule has 0 bridgehead atoms. The number of carboxylic acids is 1. The lowest BCUT2D eigenvalue weighted by molar-refractivity contribution is -0.136. The van der Waals surface area contributed by atoms with E-state index in [0.717, 1.165) is 23.3 Å². The average molecular weight is 515 g/mol. The Morgan fingerprint density at radius 3 is 2.22 bits per heavy atom. The van der Waals surface area contributed by atoms with Gasteiger partial charge in [-0.3, -0.25) is 14.5 Å². The maximum absolute atomic E-state index is 12.8. The zero-order chi connectivity index (χ0) is 26.4. The molecule has 0 atom stereocenters. The number of carbonyl (C=O) groups excluding carboxylic acids is 1. The monoisotopic (exact) mass is 514 g/mol. The number of ether oxygens (including phenoxy) is 1. The molecular weight excluding hydrogens is 484 g/mol. The summed E-state index contributed by atoms with van der Waals surface area (Å²) in [5.41, 5.74) is 4.72. The van der Waals surface area contributed by atoms with Crippen LogP contribution in [0.3, 0.4) is 0 Å². The SMILES string of the molecule is CC(C)Cc1ccc(COc2ccc(/C=C3\S/C(=N/c4ccc(CC(=O)O)cc4)N(C)C3=O)cc2)cc1. The van der Waals surface area contributed by atoms with Crippen molar-refractivity contribution in [2.24, 2.45) is 10.9 Å². The number of hydrogen-bond acceptors (Lipinski definition) is 5. The van der Waals surface area contributed by atoms with E-state index < -0.39 is 5.97 Å². The Bertz CT molecular complexity index is 1310. The normalized spacial score (nSPS) is 15.7. The minimum Gasteiger partial charge on any atom is -0.489 e. The van der Waals surface area contributed by atoms with E-state index in [2.05, 4.69) is 43.1 Å². The van der Waals surface area contributed by atoms with Crippen LogP contribution in [-0.2, 0) is 29.0 Å². The van der Waals surface area contributed by atoms with Crippen LogP contribution >= 0.6 is 11.8 Å². The first-order valence-corrected chi connectivity index (χ1v) is 13.0. The van der Waals surface area contributed by atoms with Gasteiger partial charge in [-0.25, -0.2) is 4.99 Å². The van der Waals surface area contributed by atoms with Crippen LogP contribution in [0.2, 0.25) is 0 Å². The molecule has 1 fully saturated rings. The van der Waals surface area contributed by atoms with Gasteiger partial charge in [0.05, 0.1) is 17.0 Å². The van der Waals surface area contributed by atoms with E-state index in [4.69, 9.17) is 9.84 Å². The van der Waals surface area contributed by atoms with Gasteiger partial charge in [-0.05, 0) is 76.7 Å². The Kier molecular flexibility index (Phi) is 8.46. The molecule has 37 heavy (non-hydrogen) atoms. The van der Waals surface area contributed by atoms with Gasteiger partial charge in [-0.15, -0.1) is 0 Å². The van der Waals surface area contributed by atoms with Gasteiger partial charge in [0.2, 0.25) is 0 Å². The Morgan fingerprint density at radius 1 is 0.973 bits per heavy atom. The summed E-state index contributed by atoms with van der Waals surface area (Å²) in [6.45, 7) is 4.93. The van der Waals surface area contributed by atoms with Crippen LogP contribution in [0, 0.1) is 5.92 Å². The second kappa shape index (κ2) is 11.9. The summed E-state index contributed by atoms with van der Waals surface area (Å²) in [5.74, 6) is 0.408. The van der Waals surface area contributed by atoms with Gasteiger partial charge in [0, 0.05) is 7.05 Å². The first-order chi connectivity index (χ1) is 17.8. The minimum atomic E-state index is -0.878. The number of nitrogens with zero attached hydrogens (tertiary/aromatic N) is 2. The third-order valence-electron chi connectivity index (χ3n) is 5.77. The number of benzene rings is 3. The Labute approximate surface area is 221 Å². The first kappa shape index (κ1) is 26.2. The molecule has 0 radical (unpaired) electrons. The van der Waals surface area contributed by atoms with Crippen LogP contribution < -0.4 is 4.74 Å². The molecule has 1 saturated heterocycles. The summed E-state index contributed by atoms with van der Waals surface area (Å²) in [7, 11) is 1.69. The molecule has 1 heterocycles. The third-order valence-corrected chi connectivity index (χ3v) is 6.83. The van der Waals surface area contributed by atoms with Crippen molar-refractivity contribution in [2.45, 2.75) is 33.3 Å². The highest BCUT2D eigenvalue weighted by molar-refractivity contribution is 8.18. The molecule has 0 unspecified atom stereocenters. The number of hydrogen-bond donors (Lipinski definition) is 1. The van der Waals surface area contributed by atoms with E-state index >= 15 is 0 Å². The van der Waals surface area contributed by atoms with Crippen LogP contribution in [0.5, 0.6) is 5.75 Å². The summed E-state index contributed by atoms with van der Waals surface area (Å²) in [5, 5.41) is 9.48. The second-order valence-corrected chi connectivity index (χ2v) is 10.4. The molecule has 0 spiro atoms. The molecule has 3 aromatic carbocycles. The van der Waals surface area contributed by atoms with Crippen molar-refractivity contribution < 1.29 is 19.4 Å². The second-order valence-electron chi connectivity index (χ2n) is 9.38. The van der Waals surface area contributed by atoms with Gasteiger partial charge in [0.15, 0.2) is 5.17 Å². The van der Waals surface area contributed by atoms with Crippen LogP contribution in [-0.4, -0.2) is 34.1 Å². The maximum Gasteiger partial charge on any atom is 0.307 e. The summed E-state index contributed by atoms with van der Waals surface area (Å²) in [6.07, 6.45) is 2.88. The number of amidine groups is 1. The molecule has 6 nitrogen and oxygen atoms in total. The molecule has 0 saturated carbocycles. The zero-order valence-electron chi connectivity index (χ0n) is 21.2. The van der Waals surface area contributed by atoms with Crippen LogP contribution in [0.25, 0.3) is 6.08 Å². The zero-order valence-corrected chi connectivity index (χ0v) is 22.0. The molecule has 190 valence electrons. The fourth-order valence-electron chi connectivity index (χ4n) is 3.85. The van der Waals surface area contributed by atoms with Gasteiger partial charge in [-0.1, -0.05) is 62.4 Å². The lowest BCUT2D eigenvalue weighted by Crippen LogP contribution is -2.23. The van der Waals surface area contributed by atoms with Crippen LogP contribution in [0.4, 0.5) is 5.69 Å². The summed E-state index contributed by atoms with van der Waals surface area (Å²) >= 11 is 1.31. The van der Waals surface area contributed by atoms with Crippen molar-refractivity contribution in [1.29, 1.82) is 0 Å². The number of thioether (sulfide) groups is 1. The van der Waals surface area contributed by atoms with Crippen LogP contribution in [0.1, 0.15) is 36.1 Å². The number of aliphatic imine (C=N–C) groups is 1. The molecular formula is C30H30N2O4S. The molecule has 1 aliphatic heterocycles. The molecule has 4 rings (SSSR count). The van der Waals surface area contributed by atoms with Crippen molar-refractivity contribution in [1.82, 2.24) is 4.90 Å². The Balaban J connectivity index is 1.37. The van der Waals surface area contributed by atoms with E-state index in [1.54, 1.807) is 31.3 Å². The highest BCUT2D eigenvalue weighted by Crippen LogP contribution is 2.33. The van der Waals surface area contributed by atoms with Gasteiger partial charge >= 0.3 is 5.97 Å². The van der Waals surface area contributed by atoms with Crippen LogP contribution in [0.15, 0.2) is 82.7 Å². The standard InChI is InChI=1S/C30H30N2O4S/c1-20(2)16-21-4-6-24(7-5-21)19-36-26-14-10-22(11-15-26)17-27-29(35)32(3)30(37-27)31-25-12-8-23(9-13-25)18-28(33)34/h4-15,17,20H,16,18-19H2,1-3H3,(H,33,34)/b27-17-,31-30+. The number of carbonyl (C=O) groups is 2. The van der Waals surface area contributed by atoms with E-state index in [1.165, 1.54) is 22.2 Å². The quantitative estimate of drug-likeness (QED) is 0.338. The molecule has 1 N–H and O–H groups in total. The molecule has 0 aliphatic carbocycles. The molecule has 3 aromatic rings. The van der Waals surface area contributed by atoms with Gasteiger partial charge in [0.1, 0.15) is 12.4 Å². The van der Waals surface area contributed by atoms with E-state index in [0.29, 0.717) is 33.8 Å². The maximum atomic E-state index is 12.8. The highest BCUT2D eigenvalue weighted by Gasteiger charge is 2.30. The number of aliphatic carboxylic acids is 1. The van der Waals surface area contributed by atoms with Crippen molar-refractivity contribution in [2.75, 3.05) is 7.05 Å². The largest absolute Gasteiger partial charge is 0.489 e. The highest BCUT2D eigenvalue weighted by atomic mass is 32.2. The molecule has 7 heteroatoms. The number of likely N-dealkylation sites (N-methyl/N-ethyl adjacent to an activating group) is 1. The van der Waals surface area contributed by atoms with E-state index in [9.17, 15) is 9.59 Å². The third kappa shape index (κ3) is 7.33. The van der Waals surface area contributed by atoms with Gasteiger partial charge in [0.25, 0.3) is 5.91 Å². The topological polar surface area (TPSA) is 79.2 Å². The Morgan fingerprint density at radius 2 is 1.59 bits per heavy atom. The summed E-state index contributed by atoms with van der Waals surface area (Å²) < 4.78 is 5.94. The number of amides is 1. The molecule has 0 aromatic heterocycles. The summed E-state index contributed by atoms with van der Waals surface area (Å²) in [4.78, 5) is 30.3. The van der Waals surface area contributed by atoms with Crippen molar-refractivity contribution in [3.8, 4) is 5.75 Å². The molecule has 1 aliphatic rings. The van der Waals surface area contributed by atoms with Gasteiger partial charge < -0.3 is 9.84 Å². The number of rotatable bonds is 9. The minimum absolute atomic E-state index is 0.0355. The predicted octanol–water partition coefficient (Wildman–Crippen LogP) is 6.33. The van der Waals surface area contributed by atoms with E-state index in [-0.39, 0.29) is 12.3 Å². The smallest absolute Gasteiger partial charge is 0.307 e. The van der Waals surface area contributed by atoms with Crippen molar-refractivity contribution in [3.05, 3.63) is 100.0 Å². The van der Waals surface area contributed by atoms with Gasteiger partial charge in [-0.2, -0.15) is 0 Å². The first-order valence-electron chi connectivity index (χ1n) is 12.1. The summed E-state index contributed by atoms with van der Waals surface area (Å²) in [6, 6.07) is 23.2. The van der Waals surface area contributed by atoms with Crippen molar-refractivity contribution >= 4 is 40.6 Å². The lowest BCUT2D eigenvalue weighted by atomic mass is 10.0. The lowest BCUT2D eigenvalue weighted by Gasteiger charge is -2.09. The predicted molar refractivity (Wildman–Crippen MR) is 149 cm³/mol. The van der Waals surface area contributed by atoms with Crippen molar-refractivity contribution in [3.63, 3.8) is 0 Å². The molecule has 1 amide bonds. The fraction of sp³-hybridized carbons (Fsp3) is 0.233. The fourth-order valence-corrected chi connectivity index (χ4v) is 4.83. The Hall–Kier alpha value is -3.84. The van der Waals surface area contributed by atoms with E-state index in [1.807, 2.05) is 30.3 Å². The number of carboxylic acid groups (broad SMARTS) is 1.